The summed E-state index contributed by atoms with van der Waals surface area (Å²) in [6.45, 7) is 5.14. The van der Waals surface area contributed by atoms with E-state index in [1.807, 2.05) is 39.1 Å². The lowest BCUT2D eigenvalue weighted by atomic mass is 9.96. The van der Waals surface area contributed by atoms with Gasteiger partial charge >= 0.3 is 0 Å². The molecule has 2 unspecified atom stereocenters. The number of aliphatic hydroxyl groups is 1. The molecular formula is C14H24N2O2. The normalized spacial score (nSPS) is 14.3. The smallest absolute Gasteiger partial charge is 0.119 e. The van der Waals surface area contributed by atoms with Crippen LogP contribution in [0, 0.1) is 6.92 Å². The summed E-state index contributed by atoms with van der Waals surface area (Å²) < 4.78 is 5.44. The molecule has 102 valence electrons. The molecule has 0 radical (unpaired) electrons. The van der Waals surface area contributed by atoms with Gasteiger partial charge in [-0.1, -0.05) is 6.07 Å². The second-order valence-electron chi connectivity index (χ2n) is 4.37. The average molecular weight is 252 g/mol. The maximum Gasteiger partial charge on any atom is 0.119 e. The Labute approximate surface area is 109 Å². The van der Waals surface area contributed by atoms with Gasteiger partial charge in [-0.3, -0.25) is 0 Å². The molecule has 1 aromatic rings. The van der Waals surface area contributed by atoms with E-state index in [1.165, 1.54) is 0 Å². The van der Waals surface area contributed by atoms with Crippen molar-refractivity contribution in [3.8, 4) is 5.75 Å². The van der Waals surface area contributed by atoms with Crippen LogP contribution >= 0.6 is 0 Å². The van der Waals surface area contributed by atoms with Gasteiger partial charge in [-0.2, -0.15) is 0 Å². The van der Waals surface area contributed by atoms with Crippen LogP contribution in [0.5, 0.6) is 5.75 Å². The second-order valence-corrected chi connectivity index (χ2v) is 4.37. The van der Waals surface area contributed by atoms with Crippen molar-refractivity contribution in [1.29, 1.82) is 0 Å². The van der Waals surface area contributed by atoms with E-state index >= 15 is 0 Å². The third kappa shape index (κ3) is 3.70. The SMILES string of the molecule is CCOc1ccc(C(O)C(CCN)NC)c(C)c1. The molecule has 0 fully saturated rings. The van der Waals surface area contributed by atoms with Gasteiger partial charge in [0.05, 0.1) is 12.7 Å². The van der Waals surface area contributed by atoms with Crippen LogP contribution in [-0.2, 0) is 0 Å². The number of nitrogens with one attached hydrogen (secondary N) is 1. The van der Waals surface area contributed by atoms with Crippen molar-refractivity contribution in [2.24, 2.45) is 5.73 Å². The topological polar surface area (TPSA) is 67.5 Å². The highest BCUT2D eigenvalue weighted by molar-refractivity contribution is 5.36. The number of hydrogen-bond acceptors (Lipinski definition) is 4. The van der Waals surface area contributed by atoms with E-state index in [9.17, 15) is 5.11 Å². The van der Waals surface area contributed by atoms with E-state index in [-0.39, 0.29) is 6.04 Å². The Morgan fingerprint density at radius 3 is 2.67 bits per heavy atom. The zero-order valence-corrected chi connectivity index (χ0v) is 11.4. The van der Waals surface area contributed by atoms with Crippen LogP contribution in [0.15, 0.2) is 18.2 Å². The molecule has 1 rings (SSSR count). The zero-order chi connectivity index (χ0) is 13.5. The Kier molecular flexibility index (Phi) is 6.12. The molecule has 4 heteroatoms. The minimum absolute atomic E-state index is 0.0216. The third-order valence-electron chi connectivity index (χ3n) is 3.10. The summed E-state index contributed by atoms with van der Waals surface area (Å²) in [5, 5.41) is 13.5. The largest absolute Gasteiger partial charge is 0.494 e. The summed E-state index contributed by atoms with van der Waals surface area (Å²) in [5.41, 5.74) is 7.51. The molecule has 4 nitrogen and oxygen atoms in total. The summed E-state index contributed by atoms with van der Waals surface area (Å²) in [4.78, 5) is 0. The van der Waals surface area contributed by atoms with Gasteiger partial charge in [0.25, 0.3) is 0 Å². The van der Waals surface area contributed by atoms with Crippen LogP contribution in [0.2, 0.25) is 0 Å². The molecule has 1 aromatic carbocycles. The fourth-order valence-corrected chi connectivity index (χ4v) is 2.09. The number of rotatable bonds is 7. The van der Waals surface area contributed by atoms with Crippen molar-refractivity contribution in [3.63, 3.8) is 0 Å². The first-order chi connectivity index (χ1) is 8.63. The molecule has 0 aromatic heterocycles. The highest BCUT2D eigenvalue weighted by Gasteiger charge is 2.20. The minimum atomic E-state index is -0.547. The lowest BCUT2D eigenvalue weighted by molar-refractivity contribution is 0.128. The highest BCUT2D eigenvalue weighted by Crippen LogP contribution is 2.25. The number of nitrogens with two attached hydrogens (primary N) is 1. The Hall–Kier alpha value is -1.10. The molecule has 0 aliphatic heterocycles. The number of likely N-dealkylation sites (N-methyl/N-ethyl adjacent to an activating group) is 1. The summed E-state index contributed by atoms with van der Waals surface area (Å²) >= 11 is 0. The molecule has 0 saturated heterocycles. The Morgan fingerprint density at radius 1 is 1.44 bits per heavy atom. The van der Waals surface area contributed by atoms with Gasteiger partial charge in [0.2, 0.25) is 0 Å². The molecular weight excluding hydrogens is 228 g/mol. The van der Waals surface area contributed by atoms with Crippen LogP contribution in [0.25, 0.3) is 0 Å². The standard InChI is InChI=1S/C14H24N2O2/c1-4-18-11-5-6-12(10(2)9-11)14(17)13(16-3)7-8-15/h5-6,9,13-14,16-17H,4,7-8,15H2,1-3H3. The minimum Gasteiger partial charge on any atom is -0.494 e. The number of hydrogen-bond donors (Lipinski definition) is 3. The summed E-state index contributed by atoms with van der Waals surface area (Å²) in [7, 11) is 1.84. The molecule has 4 N–H and O–H groups in total. The summed E-state index contributed by atoms with van der Waals surface area (Å²) in [6.07, 6.45) is 0.193. The first-order valence-corrected chi connectivity index (χ1v) is 6.42. The van der Waals surface area contributed by atoms with E-state index in [0.717, 1.165) is 23.3 Å². The Morgan fingerprint density at radius 2 is 2.17 bits per heavy atom. The first-order valence-electron chi connectivity index (χ1n) is 6.42. The van der Waals surface area contributed by atoms with Crippen molar-refractivity contribution >= 4 is 0 Å². The fourth-order valence-electron chi connectivity index (χ4n) is 2.09. The van der Waals surface area contributed by atoms with Crippen molar-refractivity contribution in [2.45, 2.75) is 32.4 Å². The zero-order valence-electron chi connectivity index (χ0n) is 11.4. The predicted molar refractivity (Wildman–Crippen MR) is 73.8 cm³/mol. The van der Waals surface area contributed by atoms with Gasteiger partial charge in [-0.15, -0.1) is 0 Å². The molecule has 0 aliphatic carbocycles. The molecule has 0 spiro atoms. The molecule has 0 bridgehead atoms. The van der Waals surface area contributed by atoms with E-state index in [4.69, 9.17) is 10.5 Å². The quantitative estimate of drug-likeness (QED) is 0.685. The van der Waals surface area contributed by atoms with E-state index in [0.29, 0.717) is 13.2 Å². The Bertz CT molecular complexity index is 369. The average Bonchev–Trinajstić information content (AvgIpc) is 2.36. The second kappa shape index (κ2) is 7.36. The van der Waals surface area contributed by atoms with Crippen molar-refractivity contribution in [2.75, 3.05) is 20.2 Å². The molecule has 0 amide bonds. The first kappa shape index (κ1) is 15.0. The van der Waals surface area contributed by atoms with Gasteiger partial charge < -0.3 is 20.9 Å². The number of aliphatic hydroxyl groups excluding tert-OH is 1. The molecule has 0 heterocycles. The fraction of sp³-hybridized carbons (Fsp3) is 0.571. The van der Waals surface area contributed by atoms with Gasteiger partial charge in [0, 0.05) is 6.04 Å². The number of ether oxygens (including phenoxy) is 1. The summed E-state index contributed by atoms with van der Waals surface area (Å²) in [6, 6.07) is 5.75. The van der Waals surface area contributed by atoms with Gasteiger partial charge in [0.15, 0.2) is 0 Å². The van der Waals surface area contributed by atoms with E-state index in [2.05, 4.69) is 5.32 Å². The van der Waals surface area contributed by atoms with Crippen molar-refractivity contribution in [1.82, 2.24) is 5.32 Å². The van der Waals surface area contributed by atoms with Crippen LogP contribution in [0.1, 0.15) is 30.6 Å². The van der Waals surface area contributed by atoms with Gasteiger partial charge in [0.1, 0.15) is 5.75 Å². The van der Waals surface area contributed by atoms with Crippen molar-refractivity contribution < 1.29 is 9.84 Å². The molecule has 18 heavy (non-hydrogen) atoms. The van der Waals surface area contributed by atoms with E-state index in [1.54, 1.807) is 0 Å². The highest BCUT2D eigenvalue weighted by atomic mass is 16.5. The third-order valence-corrected chi connectivity index (χ3v) is 3.10. The number of aryl methyl sites for hydroxylation is 1. The molecule has 0 aliphatic rings. The lowest BCUT2D eigenvalue weighted by Crippen LogP contribution is -2.34. The maximum atomic E-state index is 10.4. The maximum absolute atomic E-state index is 10.4. The van der Waals surface area contributed by atoms with E-state index < -0.39 is 6.10 Å². The monoisotopic (exact) mass is 252 g/mol. The van der Waals surface area contributed by atoms with Crippen LogP contribution in [-0.4, -0.2) is 31.3 Å². The summed E-state index contributed by atoms with van der Waals surface area (Å²) in [5.74, 6) is 0.839. The molecule has 0 saturated carbocycles. The van der Waals surface area contributed by atoms with Crippen molar-refractivity contribution in [3.05, 3.63) is 29.3 Å². The number of benzene rings is 1. The lowest BCUT2D eigenvalue weighted by Gasteiger charge is -2.24. The van der Waals surface area contributed by atoms with Gasteiger partial charge in [-0.05, 0) is 57.1 Å². The van der Waals surface area contributed by atoms with Crippen LogP contribution < -0.4 is 15.8 Å². The Balaban J connectivity index is 2.87. The van der Waals surface area contributed by atoms with Crippen LogP contribution in [0.3, 0.4) is 0 Å². The van der Waals surface area contributed by atoms with Gasteiger partial charge in [-0.25, -0.2) is 0 Å². The molecule has 2 atom stereocenters. The van der Waals surface area contributed by atoms with Crippen LogP contribution in [0.4, 0.5) is 0 Å². The predicted octanol–water partition coefficient (Wildman–Crippen LogP) is 1.36.